The summed E-state index contributed by atoms with van der Waals surface area (Å²) in [5.74, 6) is 0.545. The number of carbonyl (C=O) groups is 1. The fourth-order valence-corrected chi connectivity index (χ4v) is 4.35. The van der Waals surface area contributed by atoms with Gasteiger partial charge in [0.15, 0.2) is 0 Å². The first-order chi connectivity index (χ1) is 11.4. The Labute approximate surface area is 145 Å². The molecule has 1 amide bonds. The lowest BCUT2D eigenvalue weighted by Crippen LogP contribution is -2.34. The van der Waals surface area contributed by atoms with Crippen molar-refractivity contribution in [2.75, 3.05) is 26.2 Å². The van der Waals surface area contributed by atoms with Gasteiger partial charge in [-0.05, 0) is 43.4 Å². The normalized spacial score (nSPS) is 14.8. The van der Waals surface area contributed by atoms with Gasteiger partial charge in [-0.1, -0.05) is 26.8 Å². The second-order valence-electron chi connectivity index (χ2n) is 6.31. The molecule has 1 fully saturated rings. The van der Waals surface area contributed by atoms with E-state index < -0.39 is 10.0 Å². The average Bonchev–Trinajstić information content (AvgIpc) is 3.39. The van der Waals surface area contributed by atoms with Crippen molar-refractivity contribution in [3.63, 3.8) is 0 Å². The van der Waals surface area contributed by atoms with Crippen LogP contribution in [0.4, 0.5) is 0 Å². The first kappa shape index (κ1) is 18.9. The van der Waals surface area contributed by atoms with Gasteiger partial charge in [-0.2, -0.15) is 4.31 Å². The molecule has 0 aliphatic heterocycles. The molecule has 0 heterocycles. The van der Waals surface area contributed by atoms with Crippen LogP contribution in [0.15, 0.2) is 29.2 Å². The quantitative estimate of drug-likeness (QED) is 0.686. The highest BCUT2D eigenvalue weighted by atomic mass is 32.2. The third kappa shape index (κ3) is 4.36. The van der Waals surface area contributed by atoms with E-state index in [1.54, 1.807) is 18.2 Å². The Hall–Kier alpha value is -1.40. The third-order valence-corrected chi connectivity index (χ3v) is 6.43. The van der Waals surface area contributed by atoms with Crippen molar-refractivity contribution >= 4 is 15.9 Å². The van der Waals surface area contributed by atoms with Crippen molar-refractivity contribution in [3.05, 3.63) is 29.8 Å². The maximum atomic E-state index is 12.8. The lowest BCUT2D eigenvalue weighted by atomic mass is 10.2. The summed E-state index contributed by atoms with van der Waals surface area (Å²) in [4.78, 5) is 14.9. The van der Waals surface area contributed by atoms with Gasteiger partial charge in [-0.3, -0.25) is 4.79 Å². The Bertz CT molecular complexity index is 665. The van der Waals surface area contributed by atoms with Crippen LogP contribution in [0, 0.1) is 5.92 Å². The van der Waals surface area contributed by atoms with Crippen LogP contribution in [0.5, 0.6) is 0 Å². The Morgan fingerprint density at radius 1 is 1.17 bits per heavy atom. The number of amides is 1. The second kappa shape index (κ2) is 8.12. The largest absolute Gasteiger partial charge is 0.338 e. The van der Waals surface area contributed by atoms with Gasteiger partial charge in [0.1, 0.15) is 0 Å². The number of hydrogen-bond donors (Lipinski definition) is 0. The molecule has 6 heteroatoms. The van der Waals surface area contributed by atoms with Crippen molar-refractivity contribution in [2.24, 2.45) is 5.92 Å². The van der Waals surface area contributed by atoms with Crippen LogP contribution in [-0.2, 0) is 10.0 Å². The summed E-state index contributed by atoms with van der Waals surface area (Å²) in [5, 5.41) is 0. The molecule has 24 heavy (non-hydrogen) atoms. The topological polar surface area (TPSA) is 57.7 Å². The van der Waals surface area contributed by atoms with E-state index >= 15 is 0 Å². The first-order valence-electron chi connectivity index (χ1n) is 8.83. The van der Waals surface area contributed by atoms with Crippen molar-refractivity contribution < 1.29 is 13.2 Å². The van der Waals surface area contributed by atoms with Crippen LogP contribution in [0.1, 0.15) is 50.4 Å². The highest BCUT2D eigenvalue weighted by Crippen LogP contribution is 2.30. The number of sulfonamides is 1. The number of hydrogen-bond acceptors (Lipinski definition) is 3. The van der Waals surface area contributed by atoms with Crippen molar-refractivity contribution in [2.45, 2.75) is 44.9 Å². The summed E-state index contributed by atoms with van der Waals surface area (Å²) >= 11 is 0. The van der Waals surface area contributed by atoms with Crippen molar-refractivity contribution in [1.82, 2.24) is 9.21 Å². The van der Waals surface area contributed by atoms with E-state index in [1.807, 2.05) is 18.7 Å². The van der Waals surface area contributed by atoms with E-state index in [0.717, 1.165) is 13.0 Å². The minimum atomic E-state index is -3.54. The fraction of sp³-hybridized carbons (Fsp3) is 0.611. The molecule has 1 saturated carbocycles. The maximum Gasteiger partial charge on any atom is 0.253 e. The van der Waals surface area contributed by atoms with Crippen LogP contribution in [0.25, 0.3) is 0 Å². The molecule has 0 aromatic heterocycles. The molecule has 1 aromatic rings. The zero-order chi connectivity index (χ0) is 17.7. The summed E-state index contributed by atoms with van der Waals surface area (Å²) in [6.07, 6.45) is 3.27. The molecule has 1 aromatic carbocycles. The molecule has 2 rings (SSSR count). The average molecular weight is 353 g/mol. The molecule has 0 spiro atoms. The highest BCUT2D eigenvalue weighted by Gasteiger charge is 2.28. The zero-order valence-corrected chi connectivity index (χ0v) is 15.7. The lowest BCUT2D eigenvalue weighted by Gasteiger charge is -2.23. The van der Waals surface area contributed by atoms with Gasteiger partial charge in [0.25, 0.3) is 5.91 Å². The molecule has 0 unspecified atom stereocenters. The van der Waals surface area contributed by atoms with Crippen molar-refractivity contribution in [1.29, 1.82) is 0 Å². The monoisotopic (exact) mass is 352 g/mol. The first-order valence-corrected chi connectivity index (χ1v) is 10.3. The molecule has 1 aliphatic rings. The number of benzene rings is 1. The van der Waals surface area contributed by atoms with E-state index in [-0.39, 0.29) is 10.8 Å². The van der Waals surface area contributed by atoms with E-state index in [4.69, 9.17) is 0 Å². The summed E-state index contributed by atoms with van der Waals surface area (Å²) < 4.78 is 26.7. The maximum absolute atomic E-state index is 12.8. The van der Waals surface area contributed by atoms with Crippen LogP contribution >= 0.6 is 0 Å². The molecule has 0 atom stereocenters. The minimum Gasteiger partial charge on any atom is -0.338 e. The predicted molar refractivity (Wildman–Crippen MR) is 95.5 cm³/mol. The molecule has 134 valence electrons. The molecule has 1 aliphatic carbocycles. The van der Waals surface area contributed by atoms with E-state index in [9.17, 15) is 13.2 Å². The van der Waals surface area contributed by atoms with Crippen molar-refractivity contribution in [3.8, 4) is 0 Å². The van der Waals surface area contributed by atoms with Gasteiger partial charge in [0, 0.05) is 31.7 Å². The molecule has 0 saturated heterocycles. The molecule has 5 nitrogen and oxygen atoms in total. The summed E-state index contributed by atoms with van der Waals surface area (Å²) in [5.41, 5.74) is 0.456. The minimum absolute atomic E-state index is 0.0691. The highest BCUT2D eigenvalue weighted by molar-refractivity contribution is 7.89. The van der Waals surface area contributed by atoms with Crippen LogP contribution < -0.4 is 0 Å². The molecular weight excluding hydrogens is 324 g/mol. The predicted octanol–water partition coefficient (Wildman–Crippen LogP) is 2.98. The van der Waals surface area contributed by atoms with Gasteiger partial charge in [0.05, 0.1) is 4.90 Å². The van der Waals surface area contributed by atoms with Gasteiger partial charge < -0.3 is 4.90 Å². The summed E-state index contributed by atoms with van der Waals surface area (Å²) in [6.45, 7) is 8.00. The third-order valence-electron chi connectivity index (χ3n) is 4.38. The standard InChI is InChI=1S/C18H28N2O3S/c1-4-12-19(14-15-10-11-15)18(21)16-8-7-9-17(13-16)24(22,23)20(5-2)6-3/h7-9,13,15H,4-6,10-12,14H2,1-3H3. The van der Waals surface area contributed by atoms with Gasteiger partial charge >= 0.3 is 0 Å². The van der Waals surface area contributed by atoms with Gasteiger partial charge in [0.2, 0.25) is 10.0 Å². The Kier molecular flexibility index (Phi) is 6.40. The molecule has 0 bridgehead atoms. The van der Waals surface area contributed by atoms with Crippen LogP contribution in [-0.4, -0.2) is 49.7 Å². The number of carbonyl (C=O) groups excluding carboxylic acids is 1. The fourth-order valence-electron chi connectivity index (χ4n) is 2.84. The smallest absolute Gasteiger partial charge is 0.253 e. The Balaban J connectivity index is 2.26. The summed E-state index contributed by atoms with van der Waals surface area (Å²) in [6, 6.07) is 6.45. The lowest BCUT2D eigenvalue weighted by molar-refractivity contribution is 0.0747. The van der Waals surface area contributed by atoms with E-state index in [2.05, 4.69) is 6.92 Å². The second-order valence-corrected chi connectivity index (χ2v) is 8.25. The molecule has 0 N–H and O–H groups in total. The van der Waals surface area contributed by atoms with Crippen LogP contribution in [0.3, 0.4) is 0 Å². The van der Waals surface area contributed by atoms with Gasteiger partial charge in [-0.25, -0.2) is 8.42 Å². The Morgan fingerprint density at radius 3 is 2.38 bits per heavy atom. The SMILES string of the molecule is CCCN(CC1CC1)C(=O)c1cccc(S(=O)(=O)N(CC)CC)c1. The van der Waals surface area contributed by atoms with Crippen LogP contribution in [0.2, 0.25) is 0 Å². The van der Waals surface area contributed by atoms with E-state index in [1.165, 1.54) is 23.2 Å². The molecule has 0 radical (unpaired) electrons. The number of rotatable bonds is 9. The Morgan fingerprint density at radius 2 is 1.83 bits per heavy atom. The zero-order valence-electron chi connectivity index (χ0n) is 14.9. The number of nitrogens with zero attached hydrogens (tertiary/aromatic N) is 2. The summed E-state index contributed by atoms with van der Waals surface area (Å²) in [7, 11) is -3.54. The van der Waals surface area contributed by atoms with Gasteiger partial charge in [-0.15, -0.1) is 0 Å². The molecular formula is C18H28N2O3S. The van der Waals surface area contributed by atoms with E-state index in [0.29, 0.717) is 31.1 Å².